The van der Waals surface area contributed by atoms with Crippen LogP contribution < -0.4 is 15.0 Å². The van der Waals surface area contributed by atoms with Crippen molar-refractivity contribution in [2.75, 3.05) is 62.7 Å². The molecule has 196 valence electrons. The molecule has 3 saturated heterocycles. The van der Waals surface area contributed by atoms with E-state index in [1.54, 1.807) is 0 Å². The fourth-order valence-electron chi connectivity index (χ4n) is 6.20. The summed E-state index contributed by atoms with van der Waals surface area (Å²) < 4.78 is 11.9. The third-order valence-corrected chi connectivity index (χ3v) is 8.27. The van der Waals surface area contributed by atoms with Crippen LogP contribution in [0.3, 0.4) is 0 Å². The molecule has 0 spiro atoms. The second-order valence-corrected chi connectivity index (χ2v) is 10.4. The van der Waals surface area contributed by atoms with Crippen LogP contribution in [0.5, 0.6) is 5.75 Å². The Morgan fingerprint density at radius 3 is 2.76 bits per heavy atom. The van der Waals surface area contributed by atoms with Crippen LogP contribution >= 0.6 is 0 Å². The van der Waals surface area contributed by atoms with Gasteiger partial charge in [0.2, 0.25) is 5.91 Å². The first-order chi connectivity index (χ1) is 18.1. The maximum atomic E-state index is 12.0. The smallest absolute Gasteiger partial charge is 0.246 e. The van der Waals surface area contributed by atoms with Crippen LogP contribution in [0, 0.1) is 6.92 Å². The summed E-state index contributed by atoms with van der Waals surface area (Å²) in [6, 6.07) is 4.69. The van der Waals surface area contributed by atoms with Gasteiger partial charge in [0.05, 0.1) is 30.2 Å². The van der Waals surface area contributed by atoms with Crippen LogP contribution in [-0.2, 0) is 16.1 Å². The molecule has 3 fully saturated rings. The van der Waals surface area contributed by atoms with Gasteiger partial charge in [0.25, 0.3) is 0 Å². The minimum Gasteiger partial charge on any atom is -0.485 e. The van der Waals surface area contributed by atoms with E-state index in [0.29, 0.717) is 18.6 Å². The highest BCUT2D eigenvalue weighted by Crippen LogP contribution is 2.40. The number of ether oxygens (including phenoxy) is 2. The molecule has 1 amide bonds. The Labute approximate surface area is 218 Å². The van der Waals surface area contributed by atoms with E-state index in [9.17, 15) is 4.79 Å². The van der Waals surface area contributed by atoms with Gasteiger partial charge in [0.15, 0.2) is 5.75 Å². The number of fused-ring (bicyclic) bond motifs is 2. The molecule has 0 radical (unpaired) electrons. The third kappa shape index (κ3) is 4.78. The number of anilines is 3. The SMILES string of the molecule is C=CC(=O)N1CCC(N2CCC(c3cc4c(c(C)n3)OCc3c(N5CCOCC5)ccnc3N4)CC2)C1. The molecule has 0 aromatic carbocycles. The number of aryl methyl sites for hydroxylation is 1. The molecule has 1 unspecified atom stereocenters. The van der Waals surface area contributed by atoms with E-state index in [1.807, 2.05) is 18.0 Å². The van der Waals surface area contributed by atoms with E-state index in [2.05, 4.69) is 38.8 Å². The molecule has 4 aliphatic rings. The van der Waals surface area contributed by atoms with E-state index < -0.39 is 0 Å². The molecule has 2 aromatic heterocycles. The molecule has 0 aliphatic carbocycles. The summed E-state index contributed by atoms with van der Waals surface area (Å²) in [5.74, 6) is 2.12. The van der Waals surface area contributed by atoms with Crippen LogP contribution in [0.25, 0.3) is 0 Å². The molecular weight excluding hydrogens is 468 g/mol. The average Bonchev–Trinajstić information content (AvgIpc) is 3.35. The summed E-state index contributed by atoms with van der Waals surface area (Å²) in [5, 5.41) is 3.59. The molecule has 9 nitrogen and oxygen atoms in total. The van der Waals surface area contributed by atoms with E-state index in [4.69, 9.17) is 14.5 Å². The van der Waals surface area contributed by atoms with Crippen molar-refractivity contribution in [3.8, 4) is 5.75 Å². The summed E-state index contributed by atoms with van der Waals surface area (Å²) in [6.45, 7) is 13.0. The molecular formula is C28H36N6O3. The number of nitrogens with one attached hydrogen (secondary N) is 1. The summed E-state index contributed by atoms with van der Waals surface area (Å²) in [7, 11) is 0. The van der Waals surface area contributed by atoms with Crippen molar-refractivity contribution >= 4 is 23.1 Å². The Bertz CT molecular complexity index is 1170. The van der Waals surface area contributed by atoms with Crippen molar-refractivity contribution in [1.82, 2.24) is 19.8 Å². The topological polar surface area (TPSA) is 83.1 Å². The van der Waals surface area contributed by atoms with Gasteiger partial charge in [0, 0.05) is 55.7 Å². The van der Waals surface area contributed by atoms with Crippen LogP contribution in [-0.4, -0.2) is 84.2 Å². The zero-order valence-electron chi connectivity index (χ0n) is 21.6. The molecule has 0 bridgehead atoms. The Kier molecular flexibility index (Phi) is 6.73. The minimum atomic E-state index is 0.0462. The number of aromatic nitrogens is 2. The van der Waals surface area contributed by atoms with Crippen molar-refractivity contribution in [3.05, 3.63) is 47.9 Å². The predicted octanol–water partition coefficient (Wildman–Crippen LogP) is 3.22. The van der Waals surface area contributed by atoms with E-state index >= 15 is 0 Å². The monoisotopic (exact) mass is 504 g/mol. The van der Waals surface area contributed by atoms with Gasteiger partial charge in [-0.15, -0.1) is 0 Å². The Morgan fingerprint density at radius 2 is 1.97 bits per heavy atom. The van der Waals surface area contributed by atoms with Crippen molar-refractivity contribution in [1.29, 1.82) is 0 Å². The number of morpholine rings is 1. The largest absolute Gasteiger partial charge is 0.485 e. The van der Waals surface area contributed by atoms with Crippen molar-refractivity contribution < 1.29 is 14.3 Å². The summed E-state index contributed by atoms with van der Waals surface area (Å²) in [6.07, 6.45) is 6.47. The summed E-state index contributed by atoms with van der Waals surface area (Å²) >= 11 is 0. The number of amides is 1. The first-order valence-corrected chi connectivity index (χ1v) is 13.5. The molecule has 1 N–H and O–H groups in total. The number of hydrogen-bond acceptors (Lipinski definition) is 8. The Morgan fingerprint density at radius 1 is 1.16 bits per heavy atom. The number of carbonyl (C=O) groups excluding carboxylic acids is 1. The number of pyridine rings is 2. The lowest BCUT2D eigenvalue weighted by molar-refractivity contribution is -0.125. The van der Waals surface area contributed by atoms with Gasteiger partial charge in [-0.05, 0) is 57.5 Å². The van der Waals surface area contributed by atoms with Crippen LogP contribution in [0.1, 0.15) is 42.1 Å². The lowest BCUT2D eigenvalue weighted by atomic mass is 9.91. The van der Waals surface area contributed by atoms with Gasteiger partial charge in [-0.2, -0.15) is 0 Å². The highest BCUT2D eigenvalue weighted by atomic mass is 16.5. The van der Waals surface area contributed by atoms with Crippen molar-refractivity contribution in [2.24, 2.45) is 0 Å². The minimum absolute atomic E-state index is 0.0462. The Hall–Kier alpha value is -3.17. The van der Waals surface area contributed by atoms with Crippen molar-refractivity contribution in [2.45, 2.75) is 44.8 Å². The highest BCUT2D eigenvalue weighted by Gasteiger charge is 2.33. The zero-order chi connectivity index (χ0) is 25.4. The Balaban J connectivity index is 1.16. The number of carbonyl (C=O) groups is 1. The second kappa shape index (κ2) is 10.3. The van der Waals surface area contributed by atoms with Gasteiger partial charge in [0.1, 0.15) is 12.4 Å². The molecule has 37 heavy (non-hydrogen) atoms. The third-order valence-electron chi connectivity index (χ3n) is 8.27. The lowest BCUT2D eigenvalue weighted by Gasteiger charge is -2.36. The van der Waals surface area contributed by atoms with Crippen LogP contribution in [0.4, 0.5) is 17.2 Å². The summed E-state index contributed by atoms with van der Waals surface area (Å²) in [5.41, 5.74) is 5.22. The van der Waals surface area contributed by atoms with Crippen LogP contribution in [0.15, 0.2) is 31.0 Å². The lowest BCUT2D eigenvalue weighted by Crippen LogP contribution is -2.43. The van der Waals surface area contributed by atoms with Crippen molar-refractivity contribution in [3.63, 3.8) is 0 Å². The number of likely N-dealkylation sites (tertiary alicyclic amines) is 2. The standard InChI is InChI=1S/C28H36N6O3/c1-3-26(35)34-11-7-21(17-34)32-9-5-20(6-10-32)23-16-24-27(19(2)30-23)37-18-22-25(4-8-29-28(22)31-24)33-12-14-36-15-13-33/h3-4,8,16,20-21H,1,5-7,9-15,17-18H2,2H3,(H,29,31). The van der Waals surface area contributed by atoms with Crippen LogP contribution in [0.2, 0.25) is 0 Å². The van der Waals surface area contributed by atoms with Gasteiger partial charge in [-0.25, -0.2) is 4.98 Å². The fraction of sp³-hybridized carbons (Fsp3) is 0.536. The molecule has 2 aromatic rings. The zero-order valence-corrected chi connectivity index (χ0v) is 21.6. The molecule has 9 heteroatoms. The second-order valence-electron chi connectivity index (χ2n) is 10.4. The maximum Gasteiger partial charge on any atom is 0.246 e. The van der Waals surface area contributed by atoms with E-state index in [0.717, 1.165) is 112 Å². The summed E-state index contributed by atoms with van der Waals surface area (Å²) in [4.78, 5) is 28.5. The normalized spacial score (nSPS) is 22.5. The average molecular weight is 505 g/mol. The number of piperidine rings is 1. The van der Waals surface area contributed by atoms with Gasteiger partial charge in [-0.1, -0.05) is 6.58 Å². The van der Waals surface area contributed by atoms with E-state index in [-0.39, 0.29) is 5.91 Å². The first kappa shape index (κ1) is 24.2. The molecule has 6 heterocycles. The van der Waals surface area contributed by atoms with Gasteiger partial charge >= 0.3 is 0 Å². The quantitative estimate of drug-likeness (QED) is 0.636. The molecule has 6 rings (SSSR count). The molecule has 1 atom stereocenters. The maximum absolute atomic E-state index is 12.0. The fourth-order valence-corrected chi connectivity index (χ4v) is 6.20. The molecule has 4 aliphatic heterocycles. The van der Waals surface area contributed by atoms with Gasteiger partial charge < -0.3 is 24.6 Å². The highest BCUT2D eigenvalue weighted by molar-refractivity contribution is 5.87. The number of nitrogens with zero attached hydrogens (tertiary/aromatic N) is 5. The van der Waals surface area contributed by atoms with Gasteiger partial charge in [-0.3, -0.25) is 14.7 Å². The number of rotatable bonds is 4. The first-order valence-electron chi connectivity index (χ1n) is 13.5. The predicted molar refractivity (Wildman–Crippen MR) is 143 cm³/mol. The number of hydrogen-bond donors (Lipinski definition) is 1. The molecule has 0 saturated carbocycles. The van der Waals surface area contributed by atoms with E-state index in [1.165, 1.54) is 6.08 Å².